The Morgan fingerprint density at radius 1 is 1.26 bits per heavy atom. The minimum absolute atomic E-state index is 0.0870. The lowest BCUT2D eigenvalue weighted by atomic mass is 9.91. The van der Waals surface area contributed by atoms with Gasteiger partial charge in [0, 0.05) is 28.8 Å². The highest BCUT2D eigenvalue weighted by atomic mass is 79.9. The number of nitrogens with zero attached hydrogens (tertiary/aromatic N) is 1. The molecule has 104 valence electrons. The van der Waals surface area contributed by atoms with Crippen LogP contribution in [0.3, 0.4) is 0 Å². The fourth-order valence-electron chi connectivity index (χ4n) is 3.84. The lowest BCUT2D eigenvalue weighted by molar-refractivity contribution is 0.362. The molecule has 2 fully saturated rings. The number of hydrogen-bond acceptors (Lipinski definition) is 2. The molecule has 1 aliphatic heterocycles. The second-order valence-electron chi connectivity index (χ2n) is 6.09. The summed E-state index contributed by atoms with van der Waals surface area (Å²) in [7, 11) is 0. The third-order valence-corrected chi connectivity index (χ3v) is 5.49. The molecule has 0 aromatic heterocycles. The predicted octanol–water partition coefficient (Wildman–Crippen LogP) is 4.24. The molecule has 0 radical (unpaired) electrons. The fraction of sp³-hybridized carbons (Fsp3) is 0.625. The molecule has 1 aromatic carbocycles. The van der Waals surface area contributed by atoms with Gasteiger partial charge in [-0.25, -0.2) is 0 Å². The number of benzene rings is 1. The molecule has 2 nitrogen and oxygen atoms in total. The summed E-state index contributed by atoms with van der Waals surface area (Å²) in [5, 5.41) is 0. The molecule has 1 heterocycles. The van der Waals surface area contributed by atoms with E-state index in [9.17, 15) is 0 Å². The highest BCUT2D eigenvalue weighted by Gasteiger charge is 2.35. The van der Waals surface area contributed by atoms with Gasteiger partial charge in [-0.05, 0) is 56.2 Å². The molecule has 3 atom stereocenters. The van der Waals surface area contributed by atoms with E-state index in [-0.39, 0.29) is 6.04 Å². The summed E-state index contributed by atoms with van der Waals surface area (Å²) in [6.07, 6.45) is 6.98. The number of hydrogen-bond donors (Lipinski definition) is 1. The summed E-state index contributed by atoms with van der Waals surface area (Å²) < 4.78 is 1.15. The third-order valence-electron chi connectivity index (χ3n) is 4.80. The van der Waals surface area contributed by atoms with Crippen molar-refractivity contribution in [2.45, 2.75) is 51.1 Å². The summed E-state index contributed by atoms with van der Waals surface area (Å²) in [5.74, 6) is 0.931. The van der Waals surface area contributed by atoms with Crippen LogP contribution in [0.5, 0.6) is 0 Å². The Morgan fingerprint density at radius 3 is 2.79 bits per heavy atom. The molecule has 1 aromatic rings. The predicted molar refractivity (Wildman–Crippen MR) is 84.5 cm³/mol. The summed E-state index contributed by atoms with van der Waals surface area (Å²) in [4.78, 5) is 2.64. The Balaban J connectivity index is 1.87. The first kappa shape index (κ1) is 13.4. The molecule has 1 saturated carbocycles. The Bertz CT molecular complexity index is 458. The van der Waals surface area contributed by atoms with Crippen LogP contribution in [0, 0.1) is 5.92 Å². The molecular weight excluding hydrogens is 300 g/mol. The molecule has 2 unspecified atom stereocenters. The zero-order valence-electron chi connectivity index (χ0n) is 11.6. The van der Waals surface area contributed by atoms with Gasteiger partial charge in [0.15, 0.2) is 0 Å². The van der Waals surface area contributed by atoms with E-state index in [1.54, 1.807) is 0 Å². The van der Waals surface area contributed by atoms with E-state index < -0.39 is 0 Å². The normalized spacial score (nSPS) is 28.3. The summed E-state index contributed by atoms with van der Waals surface area (Å²) in [6, 6.07) is 7.57. The van der Waals surface area contributed by atoms with Crippen LogP contribution >= 0.6 is 15.9 Å². The van der Waals surface area contributed by atoms with Crippen LogP contribution in [0.1, 0.15) is 50.6 Å². The zero-order valence-corrected chi connectivity index (χ0v) is 13.2. The van der Waals surface area contributed by atoms with Crippen LogP contribution in [-0.2, 0) is 0 Å². The van der Waals surface area contributed by atoms with Gasteiger partial charge in [0.2, 0.25) is 0 Å². The molecule has 0 bridgehead atoms. The third kappa shape index (κ3) is 2.55. The summed E-state index contributed by atoms with van der Waals surface area (Å²) >= 11 is 3.68. The molecule has 3 heteroatoms. The second kappa shape index (κ2) is 5.45. The van der Waals surface area contributed by atoms with E-state index in [2.05, 4.69) is 39.0 Å². The molecule has 3 rings (SSSR count). The van der Waals surface area contributed by atoms with Crippen molar-refractivity contribution in [3.8, 4) is 0 Å². The average Bonchev–Trinajstić information content (AvgIpc) is 2.86. The maximum Gasteiger partial charge on any atom is 0.0380 e. The van der Waals surface area contributed by atoms with Crippen molar-refractivity contribution in [2.24, 2.45) is 11.7 Å². The van der Waals surface area contributed by atoms with Crippen molar-refractivity contribution >= 4 is 21.6 Å². The smallest absolute Gasteiger partial charge is 0.0380 e. The Hall–Kier alpha value is -0.540. The van der Waals surface area contributed by atoms with E-state index in [0.29, 0.717) is 0 Å². The highest BCUT2D eigenvalue weighted by Crippen LogP contribution is 2.40. The lowest BCUT2D eigenvalue weighted by Crippen LogP contribution is -2.42. The van der Waals surface area contributed by atoms with Gasteiger partial charge in [0.25, 0.3) is 0 Å². The first-order valence-electron chi connectivity index (χ1n) is 7.48. The second-order valence-corrected chi connectivity index (χ2v) is 6.94. The molecule has 0 amide bonds. The number of halogens is 1. The molecule has 1 saturated heterocycles. The molecule has 2 N–H and O–H groups in total. The van der Waals surface area contributed by atoms with Gasteiger partial charge in [-0.15, -0.1) is 0 Å². The quantitative estimate of drug-likeness (QED) is 0.882. The van der Waals surface area contributed by atoms with Crippen molar-refractivity contribution in [1.29, 1.82) is 0 Å². The van der Waals surface area contributed by atoms with Crippen molar-refractivity contribution in [2.75, 3.05) is 11.4 Å². The molecule has 0 spiro atoms. The van der Waals surface area contributed by atoms with Gasteiger partial charge >= 0.3 is 0 Å². The van der Waals surface area contributed by atoms with Gasteiger partial charge in [-0.3, -0.25) is 0 Å². The standard InChI is InChI=1S/C16H23BrN2/c1-11(18)14-8-7-13(10-15(14)17)19-9-3-5-12-4-2-6-16(12)19/h7-8,10-12,16H,2-6,9,18H2,1H3/t11-,12?,16?/m1/s1. The van der Waals surface area contributed by atoms with Crippen LogP contribution in [-0.4, -0.2) is 12.6 Å². The molecular formula is C16H23BrN2. The van der Waals surface area contributed by atoms with E-state index in [1.165, 1.54) is 49.9 Å². The maximum absolute atomic E-state index is 5.98. The van der Waals surface area contributed by atoms with Crippen LogP contribution in [0.2, 0.25) is 0 Å². The number of nitrogens with two attached hydrogens (primary N) is 1. The number of anilines is 1. The van der Waals surface area contributed by atoms with Gasteiger partial charge in [0.05, 0.1) is 0 Å². The SMILES string of the molecule is C[C@@H](N)c1ccc(N2CCCC3CCCC32)cc1Br. The number of fused-ring (bicyclic) bond motifs is 1. The fourth-order valence-corrected chi connectivity index (χ4v) is 4.57. The molecule has 19 heavy (non-hydrogen) atoms. The summed E-state index contributed by atoms with van der Waals surface area (Å²) in [5.41, 5.74) is 8.55. The average molecular weight is 323 g/mol. The van der Waals surface area contributed by atoms with Crippen molar-refractivity contribution in [1.82, 2.24) is 0 Å². The first-order valence-corrected chi connectivity index (χ1v) is 8.28. The zero-order chi connectivity index (χ0) is 13.4. The van der Waals surface area contributed by atoms with E-state index in [0.717, 1.165) is 16.4 Å². The maximum atomic E-state index is 5.98. The summed E-state index contributed by atoms with van der Waals surface area (Å²) in [6.45, 7) is 3.25. The van der Waals surface area contributed by atoms with Crippen molar-refractivity contribution in [3.63, 3.8) is 0 Å². The number of rotatable bonds is 2. The Labute approximate surface area is 124 Å². The van der Waals surface area contributed by atoms with Crippen LogP contribution in [0.4, 0.5) is 5.69 Å². The Kier molecular flexibility index (Phi) is 3.86. The lowest BCUT2D eigenvalue weighted by Gasteiger charge is -2.39. The van der Waals surface area contributed by atoms with E-state index in [4.69, 9.17) is 5.73 Å². The number of piperidine rings is 1. The van der Waals surface area contributed by atoms with Crippen LogP contribution < -0.4 is 10.6 Å². The van der Waals surface area contributed by atoms with Crippen molar-refractivity contribution in [3.05, 3.63) is 28.2 Å². The highest BCUT2D eigenvalue weighted by molar-refractivity contribution is 9.10. The van der Waals surface area contributed by atoms with Crippen LogP contribution in [0.25, 0.3) is 0 Å². The van der Waals surface area contributed by atoms with Gasteiger partial charge in [0.1, 0.15) is 0 Å². The van der Waals surface area contributed by atoms with Gasteiger partial charge < -0.3 is 10.6 Å². The van der Waals surface area contributed by atoms with Crippen LogP contribution in [0.15, 0.2) is 22.7 Å². The minimum Gasteiger partial charge on any atom is -0.368 e. The van der Waals surface area contributed by atoms with E-state index in [1.807, 2.05) is 6.92 Å². The van der Waals surface area contributed by atoms with E-state index >= 15 is 0 Å². The topological polar surface area (TPSA) is 29.3 Å². The molecule has 2 aliphatic rings. The largest absolute Gasteiger partial charge is 0.368 e. The monoisotopic (exact) mass is 322 g/mol. The van der Waals surface area contributed by atoms with Gasteiger partial charge in [-0.2, -0.15) is 0 Å². The Morgan fingerprint density at radius 2 is 2.05 bits per heavy atom. The van der Waals surface area contributed by atoms with Gasteiger partial charge in [-0.1, -0.05) is 28.4 Å². The minimum atomic E-state index is 0.0870. The van der Waals surface area contributed by atoms with Crippen molar-refractivity contribution < 1.29 is 0 Å². The first-order chi connectivity index (χ1) is 9.16. The molecule has 1 aliphatic carbocycles.